The third-order valence-corrected chi connectivity index (χ3v) is 7.09. The lowest BCUT2D eigenvalue weighted by molar-refractivity contribution is -0.120. The zero-order chi connectivity index (χ0) is 18.5. The molecule has 3 aliphatic heterocycles. The summed E-state index contributed by atoms with van der Waals surface area (Å²) in [6, 6.07) is 7.05. The molecule has 6 nitrogen and oxygen atoms in total. The van der Waals surface area contributed by atoms with Crippen molar-refractivity contribution in [3.8, 4) is 0 Å². The van der Waals surface area contributed by atoms with E-state index in [4.69, 9.17) is 0 Å². The highest BCUT2D eigenvalue weighted by Crippen LogP contribution is 2.35. The first-order valence-corrected chi connectivity index (χ1v) is 10.5. The number of carbonyl (C=O) groups excluding carboxylic acids is 2. The lowest BCUT2D eigenvalue weighted by Gasteiger charge is -2.31. The van der Waals surface area contributed by atoms with Crippen LogP contribution in [-0.4, -0.2) is 61.5 Å². The quantitative estimate of drug-likeness (QED) is 0.847. The van der Waals surface area contributed by atoms with Crippen molar-refractivity contribution in [3.05, 3.63) is 29.1 Å². The summed E-state index contributed by atoms with van der Waals surface area (Å²) >= 11 is 1.62. The van der Waals surface area contributed by atoms with E-state index in [0.29, 0.717) is 30.7 Å². The molecule has 3 fully saturated rings. The Labute approximate surface area is 162 Å². The van der Waals surface area contributed by atoms with Gasteiger partial charge < -0.3 is 15.5 Å². The molecule has 27 heavy (non-hydrogen) atoms. The van der Waals surface area contributed by atoms with E-state index in [1.807, 2.05) is 40.4 Å². The van der Waals surface area contributed by atoms with Gasteiger partial charge in [0, 0.05) is 52.2 Å². The van der Waals surface area contributed by atoms with E-state index < -0.39 is 0 Å². The number of likely N-dealkylation sites (N-methyl/N-ethyl adjacent to an activating group) is 1. The summed E-state index contributed by atoms with van der Waals surface area (Å²) in [6.07, 6.45) is 3.40. The summed E-state index contributed by atoms with van der Waals surface area (Å²) < 4.78 is 1.11. The molecule has 0 spiro atoms. The number of anilines is 1. The molecule has 3 atom stereocenters. The maximum absolute atomic E-state index is 12.8. The van der Waals surface area contributed by atoms with E-state index in [2.05, 4.69) is 10.6 Å². The van der Waals surface area contributed by atoms with E-state index in [-0.39, 0.29) is 17.9 Å². The van der Waals surface area contributed by atoms with Crippen molar-refractivity contribution in [2.75, 3.05) is 31.6 Å². The van der Waals surface area contributed by atoms with Gasteiger partial charge in [-0.05, 0) is 44.5 Å². The Hall–Kier alpha value is -1.96. The Bertz CT molecular complexity index is 911. The minimum absolute atomic E-state index is 0.0156. The third-order valence-electron chi connectivity index (χ3n) is 6.13. The van der Waals surface area contributed by atoms with Crippen LogP contribution in [-0.2, 0) is 4.79 Å². The second-order valence-electron chi connectivity index (χ2n) is 7.98. The number of nitrogens with zero attached hydrogens (tertiary/aromatic N) is 2. The van der Waals surface area contributed by atoms with Crippen LogP contribution in [0.25, 0.3) is 10.1 Å². The number of rotatable bonds is 3. The van der Waals surface area contributed by atoms with Crippen molar-refractivity contribution in [2.24, 2.45) is 0 Å². The standard InChI is InChI=1S/C20H24N4O2S/c1-23-6-7-24(19(25)10-23)17-11-27-18-5-2-12(8-14(17)18)20(26)22-16-9-13-3-4-15(16)21-13/h2,5,8,11,13,15-16,21H,3-4,6-7,9-10H2,1H3,(H,22,26)/t13-,15+,16-/m1/s1. The molecule has 0 saturated carbocycles. The van der Waals surface area contributed by atoms with Crippen LogP contribution in [0.4, 0.5) is 5.69 Å². The monoisotopic (exact) mass is 384 g/mol. The Morgan fingerprint density at radius 1 is 1.30 bits per heavy atom. The number of nitrogens with one attached hydrogen (secondary N) is 2. The molecular weight excluding hydrogens is 360 g/mol. The Balaban J connectivity index is 1.39. The average Bonchev–Trinajstić information content (AvgIpc) is 3.36. The molecule has 142 valence electrons. The van der Waals surface area contributed by atoms with E-state index in [9.17, 15) is 9.59 Å². The average molecular weight is 385 g/mol. The van der Waals surface area contributed by atoms with Gasteiger partial charge in [0.05, 0.1) is 12.2 Å². The summed E-state index contributed by atoms with van der Waals surface area (Å²) in [6.45, 7) is 1.99. The molecule has 2 bridgehead atoms. The lowest BCUT2D eigenvalue weighted by Crippen LogP contribution is -2.48. The van der Waals surface area contributed by atoms with E-state index in [0.717, 1.165) is 35.2 Å². The van der Waals surface area contributed by atoms with Crippen molar-refractivity contribution in [3.63, 3.8) is 0 Å². The second kappa shape index (κ2) is 6.58. The molecule has 4 heterocycles. The largest absolute Gasteiger partial charge is 0.348 e. The Morgan fingerprint density at radius 3 is 2.93 bits per heavy atom. The molecule has 0 unspecified atom stereocenters. The molecule has 2 amide bonds. The normalized spacial score (nSPS) is 28.3. The molecule has 0 radical (unpaired) electrons. The number of hydrogen-bond donors (Lipinski definition) is 2. The van der Waals surface area contributed by atoms with Gasteiger partial charge in [-0.3, -0.25) is 14.5 Å². The minimum atomic E-state index is -0.0156. The first-order valence-electron chi connectivity index (χ1n) is 9.65. The van der Waals surface area contributed by atoms with Crippen molar-refractivity contribution < 1.29 is 9.59 Å². The SMILES string of the molecule is CN1CCN(c2csc3ccc(C(=O)N[C@@H]4C[C@H]5CC[C@@H]4N5)cc23)C(=O)C1. The van der Waals surface area contributed by atoms with Crippen molar-refractivity contribution in [1.29, 1.82) is 0 Å². The van der Waals surface area contributed by atoms with Gasteiger partial charge in [0.15, 0.2) is 0 Å². The summed E-state index contributed by atoms with van der Waals surface area (Å²) in [5.74, 6) is 0.101. The minimum Gasteiger partial charge on any atom is -0.348 e. The summed E-state index contributed by atoms with van der Waals surface area (Å²) in [5.41, 5.74) is 1.61. The Morgan fingerprint density at radius 2 is 2.19 bits per heavy atom. The molecule has 3 saturated heterocycles. The molecule has 1 aromatic carbocycles. The topological polar surface area (TPSA) is 64.7 Å². The van der Waals surface area contributed by atoms with Crippen LogP contribution in [0.3, 0.4) is 0 Å². The van der Waals surface area contributed by atoms with Crippen LogP contribution < -0.4 is 15.5 Å². The highest BCUT2D eigenvalue weighted by Gasteiger charge is 2.39. The molecule has 0 aliphatic carbocycles. The third kappa shape index (κ3) is 3.03. The van der Waals surface area contributed by atoms with Crippen molar-refractivity contribution in [1.82, 2.24) is 15.5 Å². The van der Waals surface area contributed by atoms with Gasteiger partial charge in [0.25, 0.3) is 5.91 Å². The van der Waals surface area contributed by atoms with Crippen molar-refractivity contribution in [2.45, 2.75) is 37.4 Å². The van der Waals surface area contributed by atoms with Crippen LogP contribution >= 0.6 is 11.3 Å². The first-order chi connectivity index (χ1) is 13.1. The fourth-order valence-corrected chi connectivity index (χ4v) is 5.58. The predicted octanol–water partition coefficient (Wildman–Crippen LogP) is 1.80. The summed E-state index contributed by atoms with van der Waals surface area (Å²) in [4.78, 5) is 29.2. The van der Waals surface area contributed by atoms with Crippen LogP contribution in [0.1, 0.15) is 29.6 Å². The molecule has 7 heteroatoms. The molecule has 5 rings (SSSR count). The van der Waals surface area contributed by atoms with Crippen molar-refractivity contribution >= 4 is 38.9 Å². The maximum atomic E-state index is 12.8. The highest BCUT2D eigenvalue weighted by atomic mass is 32.1. The van der Waals surface area contributed by atoms with Gasteiger partial charge in [-0.25, -0.2) is 0 Å². The van der Waals surface area contributed by atoms with E-state index in [1.165, 1.54) is 6.42 Å². The number of hydrogen-bond acceptors (Lipinski definition) is 5. The van der Waals surface area contributed by atoms with Gasteiger partial charge in [-0.1, -0.05) is 0 Å². The number of fused-ring (bicyclic) bond motifs is 3. The number of benzene rings is 1. The predicted molar refractivity (Wildman–Crippen MR) is 107 cm³/mol. The van der Waals surface area contributed by atoms with Crippen LogP contribution in [0, 0.1) is 0 Å². The van der Waals surface area contributed by atoms with Crippen LogP contribution in [0.15, 0.2) is 23.6 Å². The smallest absolute Gasteiger partial charge is 0.251 e. The van der Waals surface area contributed by atoms with E-state index in [1.54, 1.807) is 11.3 Å². The highest BCUT2D eigenvalue weighted by molar-refractivity contribution is 7.17. The number of carbonyl (C=O) groups is 2. The Kier molecular flexibility index (Phi) is 4.18. The summed E-state index contributed by atoms with van der Waals surface area (Å²) in [5, 5.41) is 9.81. The fourth-order valence-electron chi connectivity index (χ4n) is 4.65. The van der Waals surface area contributed by atoms with Gasteiger partial charge in [-0.15, -0.1) is 11.3 Å². The second-order valence-corrected chi connectivity index (χ2v) is 8.89. The molecule has 2 N–H and O–H groups in total. The molecular formula is C20H24N4O2S. The number of amides is 2. The van der Waals surface area contributed by atoms with Gasteiger partial charge in [0.2, 0.25) is 5.91 Å². The molecule has 2 aromatic rings. The van der Waals surface area contributed by atoms with Gasteiger partial charge in [0.1, 0.15) is 0 Å². The van der Waals surface area contributed by atoms with Crippen LogP contribution in [0.5, 0.6) is 0 Å². The molecule has 3 aliphatic rings. The first kappa shape index (κ1) is 17.2. The summed E-state index contributed by atoms with van der Waals surface area (Å²) in [7, 11) is 1.97. The van der Waals surface area contributed by atoms with Crippen LogP contribution in [0.2, 0.25) is 0 Å². The number of thiophene rings is 1. The zero-order valence-corrected chi connectivity index (χ0v) is 16.2. The zero-order valence-electron chi connectivity index (χ0n) is 15.4. The molecule has 1 aromatic heterocycles. The van der Waals surface area contributed by atoms with Gasteiger partial charge in [-0.2, -0.15) is 0 Å². The lowest BCUT2D eigenvalue weighted by atomic mass is 9.95. The van der Waals surface area contributed by atoms with E-state index >= 15 is 0 Å². The fraction of sp³-hybridized carbons (Fsp3) is 0.500. The number of piperazine rings is 1. The van der Waals surface area contributed by atoms with Gasteiger partial charge >= 0.3 is 0 Å². The maximum Gasteiger partial charge on any atom is 0.251 e.